The SMILES string of the molecule is C/C=C1/NC(=O)[C@@H](NC(=O)[C@H](CCc2ccc(O)cc2)NC(=O)[C@H](C)NC(=O)[C@H](O)CO)[C@@H](C)OC(=O)[C@H](C(C)C)NC(=O)[C@H](Cc2ccc(O)cc2)N(C)C(=O)[C@H](Cc2ccccc2)N2C(=O)[C@H](CC[C@H]2O)NC1=O. The number of phenolic OH excluding ortho intramolecular Hbond substituents is 2. The molecule has 2 aliphatic heterocycles. The molecule has 2 aliphatic rings. The summed E-state index contributed by atoms with van der Waals surface area (Å²) in [5, 5.41) is 65.5. The summed E-state index contributed by atoms with van der Waals surface area (Å²) in [6.45, 7) is 6.12. The van der Waals surface area contributed by atoms with Gasteiger partial charge in [-0.05, 0) is 93.3 Å². The molecule has 2 fully saturated rings. The predicted octanol–water partition coefficient (Wildman–Crippen LogP) is -0.929. The summed E-state index contributed by atoms with van der Waals surface area (Å²) in [5.74, 6) is -9.59. The number of rotatable bonds is 15. The monoisotopic (exact) mass is 1060 g/mol. The van der Waals surface area contributed by atoms with Gasteiger partial charge in [0.05, 0.1) is 6.61 Å². The number of benzene rings is 3. The van der Waals surface area contributed by atoms with Crippen LogP contribution in [0, 0.1) is 5.92 Å². The zero-order valence-electron chi connectivity index (χ0n) is 43.1. The summed E-state index contributed by atoms with van der Waals surface area (Å²) >= 11 is 0. The number of fused-ring (bicyclic) bond motifs is 2. The third-order valence-corrected chi connectivity index (χ3v) is 13.1. The molecule has 0 aromatic heterocycles. The number of carbonyl (C=O) groups excluding carboxylic acids is 9. The van der Waals surface area contributed by atoms with Gasteiger partial charge >= 0.3 is 5.97 Å². The van der Waals surface area contributed by atoms with E-state index in [4.69, 9.17) is 4.74 Å². The molecule has 2 saturated heterocycles. The Morgan fingerprint density at radius 3 is 1.95 bits per heavy atom. The molecule has 0 spiro atoms. The molecule has 8 amide bonds. The normalized spacial score (nSPS) is 23.9. The molecule has 0 aliphatic carbocycles. The Kier molecular flexibility index (Phi) is 21.0. The van der Waals surface area contributed by atoms with Crippen LogP contribution in [0.3, 0.4) is 0 Å². The van der Waals surface area contributed by atoms with Crippen LogP contribution >= 0.6 is 0 Å². The van der Waals surface area contributed by atoms with Gasteiger partial charge in [-0.1, -0.05) is 74.5 Å². The average Bonchev–Trinajstić information content (AvgIpc) is 3.39. The standard InChI is InChI=1S/C53H68N8O15/c1-7-36-46(68)57-38-23-24-42(66)61(51(38)73)40(26-32-11-9-8-10-12-32)52(74)60(6)39(25-33-15-20-35(64)21-16-33)48(70)58-43(28(2)3)53(75)76-30(5)44(50(72)55-36)59-47(69)37(22-17-31-13-18-34(63)19-14-31)56-45(67)29(4)54-49(71)41(65)27-62/h7-16,18-21,28-30,37-44,62-66H,17,22-27H2,1-6H3,(H,54,71)(H,55,72)(H,56,67)(H,57,68)(H,58,70)(H,59,69)/b36-7+/t29-,30+,37-,38-,39-,40-,41+,42+,43-,44-/m0/s1. The summed E-state index contributed by atoms with van der Waals surface area (Å²) < 4.78 is 5.88. The number of aliphatic hydroxyl groups is 3. The van der Waals surface area contributed by atoms with E-state index in [0.29, 0.717) is 16.7 Å². The minimum atomic E-state index is -1.87. The smallest absolute Gasteiger partial charge is 0.329 e. The van der Waals surface area contributed by atoms with Crippen LogP contribution in [0.2, 0.25) is 0 Å². The number of esters is 1. The zero-order valence-corrected chi connectivity index (χ0v) is 43.1. The van der Waals surface area contributed by atoms with Crippen molar-refractivity contribution in [1.82, 2.24) is 41.7 Å². The van der Waals surface area contributed by atoms with Crippen molar-refractivity contribution in [2.75, 3.05) is 13.7 Å². The fraction of sp³-hybridized carbons (Fsp3) is 0.453. The van der Waals surface area contributed by atoms with Gasteiger partial charge in [-0.25, -0.2) is 4.79 Å². The Balaban J connectivity index is 1.57. The fourth-order valence-corrected chi connectivity index (χ4v) is 8.62. The highest BCUT2D eigenvalue weighted by Gasteiger charge is 2.45. The number of carbonyl (C=O) groups is 9. The Morgan fingerprint density at radius 1 is 0.763 bits per heavy atom. The van der Waals surface area contributed by atoms with Crippen LogP contribution in [-0.4, -0.2) is 163 Å². The first kappa shape index (κ1) is 59.0. The van der Waals surface area contributed by atoms with E-state index in [-0.39, 0.29) is 50.0 Å². The van der Waals surface area contributed by atoms with Crippen LogP contribution in [0.4, 0.5) is 0 Å². The number of ether oxygens (including phenoxy) is 1. The summed E-state index contributed by atoms with van der Waals surface area (Å²) in [6.07, 6.45) is -4.42. The second-order valence-electron chi connectivity index (χ2n) is 19.1. The summed E-state index contributed by atoms with van der Waals surface area (Å²) in [5.41, 5.74) is 1.24. The molecule has 5 rings (SSSR count). The van der Waals surface area contributed by atoms with Crippen LogP contribution in [0.1, 0.15) is 70.6 Å². The molecule has 0 saturated carbocycles. The summed E-state index contributed by atoms with van der Waals surface area (Å²) in [6, 6.07) is 9.89. The minimum absolute atomic E-state index is 0.0412. The number of nitrogens with zero attached hydrogens (tertiary/aromatic N) is 2. The van der Waals surface area contributed by atoms with Gasteiger partial charge in [0.25, 0.3) is 17.7 Å². The Labute approximate surface area is 439 Å². The van der Waals surface area contributed by atoms with Crippen molar-refractivity contribution >= 4 is 53.2 Å². The number of allylic oxidation sites excluding steroid dienone is 1. The second kappa shape index (κ2) is 27.1. The molecule has 0 unspecified atom stereocenters. The van der Waals surface area contributed by atoms with Crippen molar-refractivity contribution in [3.8, 4) is 11.5 Å². The van der Waals surface area contributed by atoms with E-state index in [0.717, 1.165) is 9.80 Å². The van der Waals surface area contributed by atoms with Crippen molar-refractivity contribution in [3.63, 3.8) is 0 Å². The maximum atomic E-state index is 15.0. The maximum absolute atomic E-state index is 15.0. The number of likely N-dealkylation sites (N-methyl/N-ethyl adjacent to an activating group) is 1. The number of piperidine rings is 1. The van der Waals surface area contributed by atoms with E-state index >= 15 is 4.79 Å². The fourth-order valence-electron chi connectivity index (χ4n) is 8.62. The molecule has 2 heterocycles. The second-order valence-corrected chi connectivity index (χ2v) is 19.1. The predicted molar refractivity (Wildman–Crippen MR) is 272 cm³/mol. The average molecular weight is 1060 g/mol. The number of aliphatic hydroxyl groups excluding tert-OH is 3. The number of amides is 8. The first-order chi connectivity index (χ1) is 36.0. The summed E-state index contributed by atoms with van der Waals surface area (Å²) in [4.78, 5) is 130. The lowest BCUT2D eigenvalue weighted by Crippen LogP contribution is -2.64. The lowest BCUT2D eigenvalue weighted by molar-refractivity contribution is -0.165. The third kappa shape index (κ3) is 15.6. The highest BCUT2D eigenvalue weighted by molar-refractivity contribution is 6.03. The van der Waals surface area contributed by atoms with E-state index in [1.165, 1.54) is 70.3 Å². The van der Waals surface area contributed by atoms with Crippen LogP contribution in [0.25, 0.3) is 0 Å². The van der Waals surface area contributed by atoms with E-state index in [1.54, 1.807) is 56.3 Å². The van der Waals surface area contributed by atoms with E-state index < -0.39 is 132 Å². The number of phenols is 2. The number of aryl methyl sites for hydroxylation is 1. The lowest BCUT2D eigenvalue weighted by Gasteiger charge is -2.43. The maximum Gasteiger partial charge on any atom is 0.329 e. The molecular formula is C53H68N8O15. The van der Waals surface area contributed by atoms with Gasteiger partial charge in [-0.2, -0.15) is 0 Å². The molecule has 0 radical (unpaired) electrons. The van der Waals surface area contributed by atoms with Gasteiger partial charge in [-0.3, -0.25) is 38.4 Å². The molecule has 76 heavy (non-hydrogen) atoms. The van der Waals surface area contributed by atoms with Crippen molar-refractivity contribution in [3.05, 3.63) is 107 Å². The highest BCUT2D eigenvalue weighted by atomic mass is 16.5. The number of hydrogen-bond donors (Lipinski definition) is 11. The van der Waals surface area contributed by atoms with E-state index in [1.807, 2.05) is 0 Å². The van der Waals surface area contributed by atoms with E-state index in [2.05, 4.69) is 31.9 Å². The van der Waals surface area contributed by atoms with Crippen molar-refractivity contribution in [2.45, 2.75) is 134 Å². The number of aromatic hydroxyl groups is 2. The lowest BCUT2D eigenvalue weighted by atomic mass is 9.95. The van der Waals surface area contributed by atoms with Crippen LogP contribution in [-0.2, 0) is 67.2 Å². The number of cyclic esters (lactones) is 1. The summed E-state index contributed by atoms with van der Waals surface area (Å²) in [7, 11) is 1.33. The van der Waals surface area contributed by atoms with Crippen LogP contribution in [0.5, 0.6) is 11.5 Å². The van der Waals surface area contributed by atoms with Gasteiger partial charge in [0, 0.05) is 19.9 Å². The molecule has 3 aromatic carbocycles. The molecule has 23 nitrogen and oxygen atoms in total. The molecule has 11 N–H and O–H groups in total. The number of nitrogens with one attached hydrogen (secondary N) is 6. The largest absolute Gasteiger partial charge is 0.508 e. The first-order valence-electron chi connectivity index (χ1n) is 24.9. The van der Waals surface area contributed by atoms with Gasteiger partial charge in [0.1, 0.15) is 71.8 Å². The minimum Gasteiger partial charge on any atom is -0.508 e. The molecule has 3 aromatic rings. The quantitative estimate of drug-likeness (QED) is 0.0647. The molecular weight excluding hydrogens is 989 g/mol. The molecule has 10 atom stereocenters. The van der Waals surface area contributed by atoms with Crippen molar-refractivity contribution in [1.29, 1.82) is 0 Å². The highest BCUT2D eigenvalue weighted by Crippen LogP contribution is 2.26. The Bertz CT molecular complexity index is 2600. The molecule has 410 valence electrons. The molecule has 23 heteroatoms. The Morgan fingerprint density at radius 2 is 1.36 bits per heavy atom. The van der Waals surface area contributed by atoms with Gasteiger partial charge in [0.15, 0.2) is 6.10 Å². The third-order valence-electron chi connectivity index (χ3n) is 13.1. The van der Waals surface area contributed by atoms with Gasteiger partial charge in [0.2, 0.25) is 29.5 Å². The van der Waals surface area contributed by atoms with Crippen LogP contribution < -0.4 is 31.9 Å². The number of hydrogen-bond acceptors (Lipinski definition) is 15. The van der Waals surface area contributed by atoms with Gasteiger partial charge in [-0.15, -0.1) is 0 Å². The van der Waals surface area contributed by atoms with Crippen molar-refractivity contribution in [2.24, 2.45) is 5.92 Å². The first-order valence-corrected chi connectivity index (χ1v) is 24.9. The molecule has 2 bridgehead atoms. The zero-order chi connectivity index (χ0) is 56.0. The Hall–Kier alpha value is -7.89. The van der Waals surface area contributed by atoms with Gasteiger partial charge < -0.3 is 72.0 Å². The topological polar surface area (TPSA) is 343 Å². The van der Waals surface area contributed by atoms with Crippen LogP contribution in [0.15, 0.2) is 90.6 Å². The van der Waals surface area contributed by atoms with Crippen molar-refractivity contribution < 1.29 is 73.4 Å². The van der Waals surface area contributed by atoms with E-state index in [9.17, 15) is 63.9 Å².